The third-order valence-electron chi connectivity index (χ3n) is 5.42. The molecule has 0 atom stereocenters. The molecule has 0 radical (unpaired) electrons. The molecule has 3 aromatic rings. The number of rotatable bonds is 8. The van der Waals surface area contributed by atoms with Gasteiger partial charge in [0, 0.05) is 38.4 Å². The zero-order valence-electron chi connectivity index (χ0n) is 18.2. The number of benzene rings is 3. The molecule has 0 saturated carbocycles. The van der Waals surface area contributed by atoms with Gasteiger partial charge in [-0.2, -0.15) is 0 Å². The average molecular weight is 428 g/mol. The number of amides is 1. The molecule has 1 heterocycles. The van der Waals surface area contributed by atoms with E-state index in [1.807, 2.05) is 60.7 Å². The molecular formula is C27H29N3O2. The van der Waals surface area contributed by atoms with E-state index in [4.69, 9.17) is 4.74 Å². The fraction of sp³-hybridized carbons (Fsp3) is 0.222. The molecule has 32 heavy (non-hydrogen) atoms. The monoisotopic (exact) mass is 427 g/mol. The Bertz CT molecular complexity index is 996. The highest BCUT2D eigenvalue weighted by molar-refractivity contribution is 5.92. The van der Waals surface area contributed by atoms with Crippen LogP contribution in [0.25, 0.3) is 6.08 Å². The highest BCUT2D eigenvalue weighted by Crippen LogP contribution is 2.22. The van der Waals surface area contributed by atoms with E-state index in [-0.39, 0.29) is 5.91 Å². The molecule has 1 saturated heterocycles. The lowest BCUT2D eigenvalue weighted by atomic mass is 10.2. The lowest BCUT2D eigenvalue weighted by Crippen LogP contribution is -2.48. The molecular weight excluding hydrogens is 398 g/mol. The number of hydrogen-bond acceptors (Lipinski definition) is 4. The molecule has 0 aromatic heterocycles. The van der Waals surface area contributed by atoms with Gasteiger partial charge < -0.3 is 10.1 Å². The molecule has 0 bridgehead atoms. The maximum atomic E-state index is 12.5. The predicted molar refractivity (Wildman–Crippen MR) is 130 cm³/mol. The Balaban J connectivity index is 1.17. The van der Waals surface area contributed by atoms with Gasteiger partial charge in [-0.25, -0.2) is 0 Å². The quantitative estimate of drug-likeness (QED) is 0.564. The van der Waals surface area contributed by atoms with Crippen LogP contribution in [-0.4, -0.2) is 55.0 Å². The maximum Gasteiger partial charge on any atom is 0.238 e. The standard InChI is InChI=1S/C27H29N3O2/c31-27(28-24-13-15-26(16-14-24)32-25-11-5-2-6-12-25)22-30-20-18-29(19-21-30)17-7-10-23-8-3-1-4-9-23/h1-16H,17-22H2,(H,28,31)/b10-7+. The number of anilines is 1. The van der Waals surface area contributed by atoms with Crippen molar-refractivity contribution in [2.75, 3.05) is 44.6 Å². The summed E-state index contributed by atoms with van der Waals surface area (Å²) in [7, 11) is 0. The van der Waals surface area contributed by atoms with Crippen LogP contribution in [-0.2, 0) is 4.79 Å². The highest BCUT2D eigenvalue weighted by atomic mass is 16.5. The molecule has 164 valence electrons. The molecule has 0 unspecified atom stereocenters. The van der Waals surface area contributed by atoms with E-state index in [9.17, 15) is 4.79 Å². The fourth-order valence-corrected chi connectivity index (χ4v) is 3.67. The van der Waals surface area contributed by atoms with Crippen LogP contribution in [0.1, 0.15) is 5.56 Å². The van der Waals surface area contributed by atoms with E-state index in [2.05, 4.69) is 51.5 Å². The van der Waals surface area contributed by atoms with Crippen LogP contribution in [0, 0.1) is 0 Å². The van der Waals surface area contributed by atoms with Gasteiger partial charge in [-0.05, 0) is 42.0 Å². The predicted octanol–water partition coefficient (Wildman–Crippen LogP) is 4.75. The normalized spacial score (nSPS) is 15.0. The first-order valence-corrected chi connectivity index (χ1v) is 11.0. The second kappa shape index (κ2) is 11.3. The topological polar surface area (TPSA) is 44.8 Å². The van der Waals surface area contributed by atoms with Crippen LogP contribution in [0.3, 0.4) is 0 Å². The van der Waals surface area contributed by atoms with Crippen LogP contribution >= 0.6 is 0 Å². The number of ether oxygens (including phenoxy) is 1. The maximum absolute atomic E-state index is 12.5. The minimum atomic E-state index is 0.0131. The molecule has 1 N–H and O–H groups in total. The largest absolute Gasteiger partial charge is 0.457 e. The van der Waals surface area contributed by atoms with Crippen molar-refractivity contribution in [1.82, 2.24) is 9.80 Å². The third-order valence-corrected chi connectivity index (χ3v) is 5.42. The van der Waals surface area contributed by atoms with Gasteiger partial charge in [0.15, 0.2) is 0 Å². The molecule has 1 aliphatic rings. The van der Waals surface area contributed by atoms with Crippen molar-refractivity contribution in [2.45, 2.75) is 0 Å². The Morgan fingerprint density at radius 3 is 2.06 bits per heavy atom. The average Bonchev–Trinajstić information content (AvgIpc) is 2.83. The number of hydrogen-bond donors (Lipinski definition) is 1. The molecule has 1 amide bonds. The summed E-state index contributed by atoms with van der Waals surface area (Å²) in [5, 5.41) is 2.98. The Hall–Kier alpha value is -3.41. The Morgan fingerprint density at radius 1 is 0.781 bits per heavy atom. The van der Waals surface area contributed by atoms with Crippen LogP contribution in [0.4, 0.5) is 5.69 Å². The number of carbonyl (C=O) groups excluding carboxylic acids is 1. The van der Waals surface area contributed by atoms with Gasteiger partial charge in [0.1, 0.15) is 11.5 Å². The molecule has 0 aliphatic carbocycles. The van der Waals surface area contributed by atoms with Crippen molar-refractivity contribution in [1.29, 1.82) is 0 Å². The fourth-order valence-electron chi connectivity index (χ4n) is 3.67. The zero-order valence-corrected chi connectivity index (χ0v) is 18.2. The lowest BCUT2D eigenvalue weighted by molar-refractivity contribution is -0.117. The Kier molecular flexibility index (Phi) is 7.69. The van der Waals surface area contributed by atoms with Crippen molar-refractivity contribution in [2.24, 2.45) is 0 Å². The lowest BCUT2D eigenvalue weighted by Gasteiger charge is -2.33. The van der Waals surface area contributed by atoms with Crippen molar-refractivity contribution < 1.29 is 9.53 Å². The van der Waals surface area contributed by atoms with E-state index in [0.29, 0.717) is 6.54 Å². The highest BCUT2D eigenvalue weighted by Gasteiger charge is 2.18. The Morgan fingerprint density at radius 2 is 1.38 bits per heavy atom. The molecule has 1 aliphatic heterocycles. The van der Waals surface area contributed by atoms with E-state index < -0.39 is 0 Å². The third kappa shape index (κ3) is 6.80. The first kappa shape index (κ1) is 21.8. The van der Waals surface area contributed by atoms with Crippen LogP contribution in [0.2, 0.25) is 0 Å². The summed E-state index contributed by atoms with van der Waals surface area (Å²) in [5.74, 6) is 1.55. The van der Waals surface area contributed by atoms with Crippen LogP contribution in [0.5, 0.6) is 11.5 Å². The summed E-state index contributed by atoms with van der Waals surface area (Å²) < 4.78 is 5.79. The summed E-state index contributed by atoms with van der Waals surface area (Å²) >= 11 is 0. The van der Waals surface area contributed by atoms with Gasteiger partial charge in [-0.1, -0.05) is 60.7 Å². The second-order valence-corrected chi connectivity index (χ2v) is 7.88. The van der Waals surface area contributed by atoms with Gasteiger partial charge in [0.05, 0.1) is 6.54 Å². The van der Waals surface area contributed by atoms with Gasteiger partial charge in [0.25, 0.3) is 0 Å². The van der Waals surface area contributed by atoms with Crippen molar-refractivity contribution in [3.05, 3.63) is 96.6 Å². The number of piperazine rings is 1. The van der Waals surface area contributed by atoms with Gasteiger partial charge in [-0.3, -0.25) is 14.6 Å². The number of carbonyl (C=O) groups is 1. The number of para-hydroxylation sites is 1. The van der Waals surface area contributed by atoms with E-state index in [1.165, 1.54) is 5.56 Å². The summed E-state index contributed by atoms with van der Waals surface area (Å²) in [5.41, 5.74) is 2.00. The smallest absolute Gasteiger partial charge is 0.238 e. The molecule has 0 spiro atoms. The summed E-state index contributed by atoms with van der Waals surface area (Å²) in [4.78, 5) is 17.1. The second-order valence-electron chi connectivity index (χ2n) is 7.88. The molecule has 5 nitrogen and oxygen atoms in total. The van der Waals surface area contributed by atoms with E-state index in [1.54, 1.807) is 0 Å². The molecule has 4 rings (SSSR count). The summed E-state index contributed by atoms with van der Waals surface area (Å²) in [6.07, 6.45) is 4.37. The van der Waals surface area contributed by atoms with Crippen molar-refractivity contribution in [3.63, 3.8) is 0 Å². The van der Waals surface area contributed by atoms with E-state index in [0.717, 1.165) is 49.9 Å². The minimum absolute atomic E-state index is 0.0131. The van der Waals surface area contributed by atoms with E-state index >= 15 is 0 Å². The zero-order chi connectivity index (χ0) is 22.0. The minimum Gasteiger partial charge on any atom is -0.457 e. The summed E-state index contributed by atoms with van der Waals surface area (Å²) in [6.45, 7) is 5.09. The first-order valence-electron chi connectivity index (χ1n) is 11.0. The summed E-state index contributed by atoms with van der Waals surface area (Å²) in [6, 6.07) is 27.5. The first-order chi connectivity index (χ1) is 15.7. The Labute approximate surface area is 189 Å². The molecule has 5 heteroatoms. The van der Waals surface area contributed by atoms with Crippen molar-refractivity contribution >= 4 is 17.7 Å². The number of nitrogens with zero attached hydrogens (tertiary/aromatic N) is 2. The van der Waals surface area contributed by atoms with Crippen molar-refractivity contribution in [3.8, 4) is 11.5 Å². The van der Waals surface area contributed by atoms with Gasteiger partial charge in [0.2, 0.25) is 5.91 Å². The van der Waals surface area contributed by atoms with Gasteiger partial charge >= 0.3 is 0 Å². The SMILES string of the molecule is O=C(CN1CCN(C/C=C/c2ccccc2)CC1)Nc1ccc(Oc2ccccc2)cc1. The van der Waals surface area contributed by atoms with Crippen LogP contribution in [0.15, 0.2) is 91.0 Å². The van der Waals surface area contributed by atoms with Crippen LogP contribution < -0.4 is 10.1 Å². The molecule has 1 fully saturated rings. The molecule has 3 aromatic carbocycles. The van der Waals surface area contributed by atoms with Gasteiger partial charge in [-0.15, -0.1) is 0 Å². The number of nitrogens with one attached hydrogen (secondary N) is 1.